The third-order valence-electron chi connectivity index (χ3n) is 5.14. The molecule has 0 saturated heterocycles. The number of amides is 3. The maximum Gasteiger partial charge on any atom is 0.322 e. The van der Waals surface area contributed by atoms with E-state index in [-0.39, 0.29) is 18.0 Å². The van der Waals surface area contributed by atoms with Crippen LogP contribution < -0.4 is 15.4 Å². The van der Waals surface area contributed by atoms with Crippen molar-refractivity contribution in [2.75, 3.05) is 24.3 Å². The molecule has 134 valence electrons. The Balaban J connectivity index is 1.52. The van der Waals surface area contributed by atoms with Gasteiger partial charge in [0.15, 0.2) is 0 Å². The second-order valence-corrected chi connectivity index (χ2v) is 6.71. The van der Waals surface area contributed by atoms with E-state index in [0.29, 0.717) is 18.7 Å². The smallest absolute Gasteiger partial charge is 0.322 e. The quantitative estimate of drug-likeness (QED) is 0.872. The highest BCUT2D eigenvalue weighted by molar-refractivity contribution is 6.00. The van der Waals surface area contributed by atoms with Gasteiger partial charge in [-0.3, -0.25) is 4.79 Å². The molecule has 2 heterocycles. The summed E-state index contributed by atoms with van der Waals surface area (Å²) in [7, 11) is 1.65. The van der Waals surface area contributed by atoms with Gasteiger partial charge in [-0.15, -0.1) is 0 Å². The van der Waals surface area contributed by atoms with E-state index in [0.717, 1.165) is 29.0 Å². The summed E-state index contributed by atoms with van der Waals surface area (Å²) in [6.07, 6.45) is 1.17. The van der Waals surface area contributed by atoms with E-state index in [1.807, 2.05) is 42.2 Å². The molecule has 0 aliphatic carbocycles. The molecule has 2 aromatic carbocycles. The zero-order chi connectivity index (χ0) is 18.3. The van der Waals surface area contributed by atoms with Crippen LogP contribution in [0.25, 0.3) is 0 Å². The molecule has 6 heteroatoms. The van der Waals surface area contributed by atoms with Gasteiger partial charge < -0.3 is 20.3 Å². The number of anilines is 2. The Bertz CT molecular complexity index is 894. The lowest BCUT2D eigenvalue weighted by Gasteiger charge is -2.35. The summed E-state index contributed by atoms with van der Waals surface area (Å²) in [5, 5.41) is 5.76. The first-order chi connectivity index (χ1) is 12.5. The van der Waals surface area contributed by atoms with Crippen molar-refractivity contribution >= 4 is 23.3 Å². The molecular formula is C20H21N3O3. The first-order valence-corrected chi connectivity index (χ1v) is 8.72. The van der Waals surface area contributed by atoms with E-state index in [2.05, 4.69) is 16.7 Å². The highest BCUT2D eigenvalue weighted by Gasteiger charge is 2.28. The molecular weight excluding hydrogens is 330 g/mol. The molecule has 0 fully saturated rings. The van der Waals surface area contributed by atoms with Gasteiger partial charge in [0.1, 0.15) is 5.75 Å². The van der Waals surface area contributed by atoms with Gasteiger partial charge in [0.25, 0.3) is 0 Å². The van der Waals surface area contributed by atoms with Crippen LogP contribution >= 0.6 is 0 Å². The van der Waals surface area contributed by atoms with Crippen LogP contribution in [0.15, 0.2) is 36.4 Å². The number of urea groups is 1. The first-order valence-electron chi connectivity index (χ1n) is 8.72. The SMILES string of the molecule is COc1ccc2c(c1)[C@H](C)N(C(=O)Nc1ccc3c(c1)CC(=O)N3)CC2. The molecule has 2 aliphatic rings. The van der Waals surface area contributed by atoms with Crippen LogP contribution in [0, 0.1) is 0 Å². The standard InChI is InChI=1S/C20H21N3O3/c1-12-17-11-16(26-2)5-3-13(17)7-8-23(12)20(25)21-15-4-6-18-14(9-15)10-19(24)22-18/h3-6,9,11-12H,7-8,10H2,1-2H3,(H,21,25)(H,22,24)/t12-/m0/s1. The number of rotatable bonds is 2. The normalized spacial score (nSPS) is 18.0. The Morgan fingerprint density at radius 2 is 2.08 bits per heavy atom. The number of carbonyl (C=O) groups is 2. The van der Waals surface area contributed by atoms with Crippen LogP contribution in [0.4, 0.5) is 16.2 Å². The molecule has 0 aromatic heterocycles. The lowest BCUT2D eigenvalue weighted by atomic mass is 9.93. The van der Waals surface area contributed by atoms with Gasteiger partial charge in [-0.05, 0) is 60.4 Å². The second-order valence-electron chi connectivity index (χ2n) is 6.71. The molecule has 2 aromatic rings. The first kappa shape index (κ1) is 16.4. The van der Waals surface area contributed by atoms with Crippen LogP contribution in [-0.4, -0.2) is 30.5 Å². The van der Waals surface area contributed by atoms with Crippen molar-refractivity contribution in [2.45, 2.75) is 25.8 Å². The predicted octanol–water partition coefficient (Wildman–Crippen LogP) is 3.34. The molecule has 1 atom stereocenters. The molecule has 6 nitrogen and oxygen atoms in total. The van der Waals surface area contributed by atoms with Gasteiger partial charge in [0.05, 0.1) is 19.6 Å². The molecule has 2 aliphatic heterocycles. The Kier molecular flexibility index (Phi) is 4.03. The van der Waals surface area contributed by atoms with Gasteiger partial charge in [-0.1, -0.05) is 6.07 Å². The van der Waals surface area contributed by atoms with Crippen LogP contribution in [0.3, 0.4) is 0 Å². The van der Waals surface area contributed by atoms with E-state index in [1.165, 1.54) is 5.56 Å². The summed E-state index contributed by atoms with van der Waals surface area (Å²) in [4.78, 5) is 26.1. The molecule has 0 radical (unpaired) electrons. The molecule has 2 N–H and O–H groups in total. The third kappa shape index (κ3) is 2.87. The van der Waals surface area contributed by atoms with Crippen molar-refractivity contribution in [3.63, 3.8) is 0 Å². The largest absolute Gasteiger partial charge is 0.497 e. The second kappa shape index (κ2) is 6.37. The van der Waals surface area contributed by atoms with Crippen molar-refractivity contribution in [1.82, 2.24) is 4.90 Å². The van der Waals surface area contributed by atoms with Gasteiger partial charge in [0, 0.05) is 17.9 Å². The van der Waals surface area contributed by atoms with Gasteiger partial charge in [-0.25, -0.2) is 4.79 Å². The van der Waals surface area contributed by atoms with Crippen molar-refractivity contribution in [2.24, 2.45) is 0 Å². The fourth-order valence-electron chi connectivity index (χ4n) is 3.70. The fraction of sp³-hybridized carbons (Fsp3) is 0.300. The van der Waals surface area contributed by atoms with Crippen LogP contribution in [-0.2, 0) is 17.6 Å². The zero-order valence-electron chi connectivity index (χ0n) is 14.8. The predicted molar refractivity (Wildman–Crippen MR) is 99.6 cm³/mol. The number of nitrogens with zero attached hydrogens (tertiary/aromatic N) is 1. The Hall–Kier alpha value is -3.02. The number of nitrogens with one attached hydrogen (secondary N) is 2. The summed E-state index contributed by atoms with van der Waals surface area (Å²) < 4.78 is 5.32. The zero-order valence-corrected chi connectivity index (χ0v) is 14.8. The minimum absolute atomic E-state index is 0.0151. The molecule has 3 amide bonds. The number of benzene rings is 2. The summed E-state index contributed by atoms with van der Waals surface area (Å²) in [5.74, 6) is 0.785. The Labute approximate surface area is 152 Å². The molecule has 0 bridgehead atoms. The summed E-state index contributed by atoms with van der Waals surface area (Å²) in [5.41, 5.74) is 4.81. The summed E-state index contributed by atoms with van der Waals surface area (Å²) in [6.45, 7) is 2.69. The lowest BCUT2D eigenvalue weighted by Crippen LogP contribution is -2.41. The topological polar surface area (TPSA) is 70.7 Å². The molecule has 0 unspecified atom stereocenters. The van der Waals surface area contributed by atoms with E-state index in [9.17, 15) is 9.59 Å². The monoisotopic (exact) mass is 351 g/mol. The number of fused-ring (bicyclic) bond motifs is 2. The average molecular weight is 351 g/mol. The minimum atomic E-state index is -0.136. The fourth-order valence-corrected chi connectivity index (χ4v) is 3.70. The van der Waals surface area contributed by atoms with Crippen molar-refractivity contribution in [1.29, 1.82) is 0 Å². The maximum absolute atomic E-state index is 12.8. The number of methoxy groups -OCH3 is 1. The van der Waals surface area contributed by atoms with Crippen LogP contribution in [0.1, 0.15) is 29.7 Å². The number of ether oxygens (including phenoxy) is 1. The number of hydrogen-bond donors (Lipinski definition) is 2. The highest BCUT2D eigenvalue weighted by atomic mass is 16.5. The molecule has 4 rings (SSSR count). The summed E-state index contributed by atoms with van der Waals surface area (Å²) in [6, 6.07) is 11.4. The Morgan fingerprint density at radius 1 is 1.23 bits per heavy atom. The van der Waals surface area contributed by atoms with E-state index < -0.39 is 0 Å². The van der Waals surface area contributed by atoms with E-state index >= 15 is 0 Å². The van der Waals surface area contributed by atoms with E-state index in [1.54, 1.807) is 7.11 Å². The Morgan fingerprint density at radius 3 is 2.88 bits per heavy atom. The maximum atomic E-state index is 12.8. The van der Waals surface area contributed by atoms with Gasteiger partial charge in [0.2, 0.25) is 5.91 Å². The molecule has 0 saturated carbocycles. The summed E-state index contributed by atoms with van der Waals surface area (Å²) >= 11 is 0. The van der Waals surface area contributed by atoms with Crippen molar-refractivity contribution in [3.05, 3.63) is 53.1 Å². The van der Waals surface area contributed by atoms with Crippen LogP contribution in [0.5, 0.6) is 5.75 Å². The van der Waals surface area contributed by atoms with Gasteiger partial charge >= 0.3 is 6.03 Å². The van der Waals surface area contributed by atoms with Gasteiger partial charge in [-0.2, -0.15) is 0 Å². The van der Waals surface area contributed by atoms with E-state index in [4.69, 9.17) is 4.74 Å². The van der Waals surface area contributed by atoms with Crippen LogP contribution in [0.2, 0.25) is 0 Å². The highest BCUT2D eigenvalue weighted by Crippen LogP contribution is 2.33. The van der Waals surface area contributed by atoms with Crippen molar-refractivity contribution in [3.8, 4) is 5.75 Å². The van der Waals surface area contributed by atoms with Crippen molar-refractivity contribution < 1.29 is 14.3 Å². The molecule has 0 spiro atoms. The number of carbonyl (C=O) groups excluding carboxylic acids is 2. The third-order valence-corrected chi connectivity index (χ3v) is 5.14. The molecule has 26 heavy (non-hydrogen) atoms. The average Bonchev–Trinajstić information content (AvgIpc) is 3.01. The number of hydrogen-bond acceptors (Lipinski definition) is 3. The lowest BCUT2D eigenvalue weighted by molar-refractivity contribution is -0.115. The minimum Gasteiger partial charge on any atom is -0.497 e.